The Labute approximate surface area is 104 Å². The van der Waals surface area contributed by atoms with Crippen LogP contribution >= 0.6 is 0 Å². The fourth-order valence-electron chi connectivity index (χ4n) is 2.91. The van der Waals surface area contributed by atoms with Crippen molar-refractivity contribution in [3.05, 3.63) is 0 Å². The van der Waals surface area contributed by atoms with Gasteiger partial charge in [-0.15, -0.1) is 0 Å². The minimum Gasteiger partial charge on any atom is -0.394 e. The van der Waals surface area contributed by atoms with E-state index in [0.717, 1.165) is 32.7 Å². The van der Waals surface area contributed by atoms with Crippen molar-refractivity contribution >= 4 is 0 Å². The van der Waals surface area contributed by atoms with Crippen molar-refractivity contribution < 1.29 is 9.84 Å². The molecule has 0 bridgehead atoms. The molecule has 2 rings (SSSR count). The topological polar surface area (TPSA) is 58.7 Å². The molecule has 4 heteroatoms. The summed E-state index contributed by atoms with van der Waals surface area (Å²) in [6.07, 6.45) is 5.05. The van der Waals surface area contributed by atoms with Crippen LogP contribution in [0, 0.1) is 5.92 Å². The molecule has 1 aliphatic carbocycles. The molecular formula is C13H26N2O2. The first-order valence-electron chi connectivity index (χ1n) is 6.91. The molecule has 2 aliphatic rings. The number of nitrogens with zero attached hydrogens (tertiary/aromatic N) is 1. The van der Waals surface area contributed by atoms with Gasteiger partial charge in [-0.3, -0.25) is 4.90 Å². The van der Waals surface area contributed by atoms with E-state index in [1.165, 1.54) is 19.3 Å². The summed E-state index contributed by atoms with van der Waals surface area (Å²) in [6.45, 7) is 5.82. The van der Waals surface area contributed by atoms with E-state index in [1.54, 1.807) is 0 Å². The number of ether oxygens (including phenoxy) is 1. The predicted octanol–water partition coefficient (Wildman–Crippen LogP) is 0.587. The second kappa shape index (κ2) is 5.65. The van der Waals surface area contributed by atoms with E-state index in [9.17, 15) is 5.11 Å². The molecule has 100 valence electrons. The summed E-state index contributed by atoms with van der Waals surface area (Å²) in [5, 5.41) is 9.51. The molecule has 1 saturated carbocycles. The Morgan fingerprint density at radius 2 is 2.18 bits per heavy atom. The predicted molar refractivity (Wildman–Crippen MR) is 67.8 cm³/mol. The zero-order chi connectivity index (χ0) is 12.3. The van der Waals surface area contributed by atoms with E-state index >= 15 is 0 Å². The molecule has 0 radical (unpaired) electrons. The van der Waals surface area contributed by atoms with Gasteiger partial charge in [0.05, 0.1) is 18.2 Å². The van der Waals surface area contributed by atoms with Crippen molar-refractivity contribution in [2.75, 3.05) is 32.8 Å². The van der Waals surface area contributed by atoms with Gasteiger partial charge in [0.2, 0.25) is 0 Å². The van der Waals surface area contributed by atoms with E-state index in [4.69, 9.17) is 10.5 Å². The lowest BCUT2D eigenvalue weighted by atomic mass is 9.93. The van der Waals surface area contributed by atoms with Crippen molar-refractivity contribution in [3.63, 3.8) is 0 Å². The second-order valence-corrected chi connectivity index (χ2v) is 5.62. The first-order valence-corrected chi connectivity index (χ1v) is 6.91. The quantitative estimate of drug-likeness (QED) is 0.715. The van der Waals surface area contributed by atoms with Crippen molar-refractivity contribution in [2.45, 2.75) is 44.2 Å². The molecule has 17 heavy (non-hydrogen) atoms. The summed E-state index contributed by atoms with van der Waals surface area (Å²) in [4.78, 5) is 2.37. The van der Waals surface area contributed by atoms with Gasteiger partial charge in [-0.2, -0.15) is 0 Å². The molecular weight excluding hydrogens is 216 g/mol. The maximum absolute atomic E-state index is 9.51. The summed E-state index contributed by atoms with van der Waals surface area (Å²) in [5.41, 5.74) is 5.94. The Bertz CT molecular complexity index is 244. The SMILES string of the molecule is CCOC1CCCN(CC(N)(CO)C2CC2)C1. The first kappa shape index (κ1) is 13.3. The molecule has 3 N–H and O–H groups in total. The highest BCUT2D eigenvalue weighted by Gasteiger charge is 2.43. The standard InChI is InChI=1S/C13H26N2O2/c1-2-17-12-4-3-7-15(8-12)9-13(14,10-16)11-5-6-11/h11-12,16H,2-10,14H2,1H3. The largest absolute Gasteiger partial charge is 0.394 e. The number of likely N-dealkylation sites (tertiary alicyclic amines) is 1. The smallest absolute Gasteiger partial charge is 0.0702 e. The van der Waals surface area contributed by atoms with Crippen LogP contribution in [-0.2, 0) is 4.74 Å². The van der Waals surface area contributed by atoms with Gasteiger partial charge < -0.3 is 15.6 Å². The molecule has 2 fully saturated rings. The van der Waals surface area contributed by atoms with Crippen molar-refractivity contribution in [3.8, 4) is 0 Å². The van der Waals surface area contributed by atoms with Crippen molar-refractivity contribution in [1.29, 1.82) is 0 Å². The van der Waals surface area contributed by atoms with Crippen LogP contribution in [0.5, 0.6) is 0 Å². The lowest BCUT2D eigenvalue weighted by Gasteiger charge is -2.38. The molecule has 0 amide bonds. The Hall–Kier alpha value is -0.160. The number of hydrogen-bond donors (Lipinski definition) is 2. The number of piperidine rings is 1. The Kier molecular flexibility index (Phi) is 4.42. The normalized spacial score (nSPS) is 30.2. The highest BCUT2D eigenvalue weighted by Crippen LogP contribution is 2.38. The Morgan fingerprint density at radius 1 is 1.41 bits per heavy atom. The van der Waals surface area contributed by atoms with Gasteiger partial charge in [-0.05, 0) is 45.1 Å². The maximum Gasteiger partial charge on any atom is 0.0702 e. The zero-order valence-corrected chi connectivity index (χ0v) is 10.9. The molecule has 0 aromatic heterocycles. The third-order valence-corrected chi connectivity index (χ3v) is 4.07. The summed E-state index contributed by atoms with van der Waals surface area (Å²) in [6, 6.07) is 0. The lowest BCUT2D eigenvalue weighted by molar-refractivity contribution is -0.00537. The fraction of sp³-hybridized carbons (Fsp3) is 1.00. The van der Waals surface area contributed by atoms with Crippen molar-refractivity contribution in [1.82, 2.24) is 4.90 Å². The monoisotopic (exact) mass is 242 g/mol. The van der Waals surface area contributed by atoms with Gasteiger partial charge in [0.15, 0.2) is 0 Å². The second-order valence-electron chi connectivity index (χ2n) is 5.62. The van der Waals surface area contributed by atoms with Crippen LogP contribution in [0.3, 0.4) is 0 Å². The van der Waals surface area contributed by atoms with Gasteiger partial charge in [0.25, 0.3) is 0 Å². The van der Waals surface area contributed by atoms with Gasteiger partial charge >= 0.3 is 0 Å². The van der Waals surface area contributed by atoms with Gasteiger partial charge in [0, 0.05) is 19.7 Å². The lowest BCUT2D eigenvalue weighted by Crippen LogP contribution is -2.57. The van der Waals surface area contributed by atoms with Crippen LogP contribution in [0.25, 0.3) is 0 Å². The Morgan fingerprint density at radius 3 is 2.76 bits per heavy atom. The van der Waals surface area contributed by atoms with E-state index in [0.29, 0.717) is 12.0 Å². The minimum absolute atomic E-state index is 0.105. The van der Waals surface area contributed by atoms with Crippen LogP contribution in [0.1, 0.15) is 32.6 Å². The van der Waals surface area contributed by atoms with E-state index in [1.807, 2.05) is 6.92 Å². The minimum atomic E-state index is -0.381. The summed E-state index contributed by atoms with van der Waals surface area (Å²) >= 11 is 0. The molecule has 4 nitrogen and oxygen atoms in total. The van der Waals surface area contributed by atoms with E-state index < -0.39 is 0 Å². The third-order valence-electron chi connectivity index (χ3n) is 4.07. The highest BCUT2D eigenvalue weighted by molar-refractivity contribution is 5.00. The van der Waals surface area contributed by atoms with Gasteiger partial charge in [-0.1, -0.05) is 0 Å². The summed E-state index contributed by atoms with van der Waals surface area (Å²) in [5.74, 6) is 0.528. The third kappa shape index (κ3) is 3.41. The van der Waals surface area contributed by atoms with Gasteiger partial charge in [-0.25, -0.2) is 0 Å². The summed E-state index contributed by atoms with van der Waals surface area (Å²) < 4.78 is 5.69. The number of aliphatic hydroxyl groups is 1. The highest BCUT2D eigenvalue weighted by atomic mass is 16.5. The van der Waals surface area contributed by atoms with Crippen LogP contribution in [-0.4, -0.2) is 54.5 Å². The molecule has 2 unspecified atom stereocenters. The van der Waals surface area contributed by atoms with Crippen LogP contribution in [0.4, 0.5) is 0 Å². The molecule has 1 aliphatic heterocycles. The molecule has 2 atom stereocenters. The zero-order valence-electron chi connectivity index (χ0n) is 10.9. The number of rotatable bonds is 6. The fourth-order valence-corrected chi connectivity index (χ4v) is 2.91. The molecule has 1 heterocycles. The van der Waals surface area contributed by atoms with Crippen molar-refractivity contribution in [2.24, 2.45) is 11.7 Å². The molecule has 1 saturated heterocycles. The number of nitrogens with two attached hydrogens (primary N) is 1. The van der Waals surface area contributed by atoms with E-state index in [-0.39, 0.29) is 12.1 Å². The molecule has 0 aromatic carbocycles. The van der Waals surface area contributed by atoms with Gasteiger partial charge in [0.1, 0.15) is 0 Å². The van der Waals surface area contributed by atoms with E-state index in [2.05, 4.69) is 4.90 Å². The number of hydrogen-bond acceptors (Lipinski definition) is 4. The van der Waals surface area contributed by atoms with Crippen LogP contribution < -0.4 is 5.73 Å². The first-order chi connectivity index (χ1) is 8.18. The molecule has 0 spiro atoms. The average molecular weight is 242 g/mol. The average Bonchev–Trinajstić information content (AvgIpc) is 3.14. The maximum atomic E-state index is 9.51. The number of aliphatic hydroxyl groups excluding tert-OH is 1. The van der Waals surface area contributed by atoms with Crippen LogP contribution in [0.15, 0.2) is 0 Å². The molecule has 0 aromatic rings. The Balaban J connectivity index is 1.84. The summed E-state index contributed by atoms with van der Waals surface area (Å²) in [7, 11) is 0. The van der Waals surface area contributed by atoms with Crippen LogP contribution in [0.2, 0.25) is 0 Å².